The molecule has 0 aliphatic carbocycles. The summed E-state index contributed by atoms with van der Waals surface area (Å²) in [6.07, 6.45) is 2.93. The fourth-order valence-electron chi connectivity index (χ4n) is 2.81. The first-order valence-corrected chi connectivity index (χ1v) is 7.78. The third-order valence-electron chi connectivity index (χ3n) is 4.17. The van der Waals surface area contributed by atoms with Gasteiger partial charge in [-0.3, -0.25) is 19.3 Å². The fraction of sp³-hybridized carbons (Fsp3) is 0.0556. The predicted molar refractivity (Wildman–Crippen MR) is 92.2 cm³/mol. The Bertz CT molecular complexity index is 1040. The van der Waals surface area contributed by atoms with Crippen molar-refractivity contribution in [1.29, 1.82) is 0 Å². The van der Waals surface area contributed by atoms with E-state index in [1.54, 1.807) is 18.2 Å². The van der Waals surface area contributed by atoms with Gasteiger partial charge < -0.3 is 5.32 Å². The maximum atomic E-state index is 12.6. The molecular weight excluding hydrogens is 334 g/mol. The summed E-state index contributed by atoms with van der Waals surface area (Å²) in [6, 6.07) is 11.6. The van der Waals surface area contributed by atoms with Crippen LogP contribution < -0.4 is 5.32 Å². The quantitative estimate of drug-likeness (QED) is 0.728. The Labute approximate surface area is 148 Å². The van der Waals surface area contributed by atoms with Crippen molar-refractivity contribution in [3.8, 4) is 5.69 Å². The highest BCUT2D eigenvalue weighted by Gasteiger charge is 2.33. The molecule has 8 nitrogen and oxygen atoms in total. The van der Waals surface area contributed by atoms with Gasteiger partial charge >= 0.3 is 0 Å². The van der Waals surface area contributed by atoms with Crippen LogP contribution in [-0.2, 0) is 0 Å². The number of nitrogens with one attached hydrogen (secondary N) is 1. The second kappa shape index (κ2) is 5.92. The zero-order valence-electron chi connectivity index (χ0n) is 13.7. The number of nitrogens with zero attached hydrogens (tertiary/aromatic N) is 4. The Hall–Kier alpha value is -3.81. The van der Waals surface area contributed by atoms with Gasteiger partial charge in [-0.2, -0.15) is 5.10 Å². The summed E-state index contributed by atoms with van der Waals surface area (Å²) in [7, 11) is 1.42. The second-order valence-corrected chi connectivity index (χ2v) is 5.74. The van der Waals surface area contributed by atoms with Gasteiger partial charge in [0, 0.05) is 12.6 Å². The van der Waals surface area contributed by atoms with Gasteiger partial charge in [0.15, 0.2) is 0 Å². The van der Waals surface area contributed by atoms with Crippen LogP contribution in [0.1, 0.15) is 31.1 Å². The summed E-state index contributed by atoms with van der Waals surface area (Å²) in [5.74, 6) is -1.17. The predicted octanol–water partition coefficient (Wildman–Crippen LogP) is 1.75. The standard InChI is InChI=1S/C18H13N5O3/c1-22-17(25)12-7-6-11(8-13(12)18(22)26)16(24)21-14-4-2-3-5-15(14)23-10-19-9-20-23/h2-10H,1H3,(H,21,24). The number of benzene rings is 2. The molecule has 8 heteroatoms. The molecule has 0 saturated heterocycles. The van der Waals surface area contributed by atoms with Crippen LogP contribution in [0.4, 0.5) is 5.69 Å². The van der Waals surface area contributed by atoms with E-state index in [9.17, 15) is 14.4 Å². The van der Waals surface area contributed by atoms with Gasteiger partial charge in [0.25, 0.3) is 17.7 Å². The molecule has 0 saturated carbocycles. The third-order valence-corrected chi connectivity index (χ3v) is 4.17. The molecule has 1 aromatic heterocycles. The van der Waals surface area contributed by atoms with Crippen molar-refractivity contribution >= 4 is 23.4 Å². The Kier molecular flexibility index (Phi) is 3.58. The number of hydrogen-bond acceptors (Lipinski definition) is 5. The Morgan fingerprint density at radius 2 is 1.81 bits per heavy atom. The number of imide groups is 1. The SMILES string of the molecule is CN1C(=O)c2ccc(C(=O)Nc3ccccc3-n3cncn3)cc2C1=O. The monoisotopic (exact) mass is 347 g/mol. The normalized spacial score (nSPS) is 13.0. The van der Waals surface area contributed by atoms with Crippen molar-refractivity contribution in [3.05, 3.63) is 71.8 Å². The molecule has 0 fully saturated rings. The van der Waals surface area contributed by atoms with Gasteiger partial charge in [-0.15, -0.1) is 0 Å². The molecule has 2 heterocycles. The number of amides is 3. The lowest BCUT2D eigenvalue weighted by molar-refractivity contribution is 0.0693. The first kappa shape index (κ1) is 15.7. The van der Waals surface area contributed by atoms with Crippen LogP contribution >= 0.6 is 0 Å². The minimum Gasteiger partial charge on any atom is -0.320 e. The molecule has 3 amide bonds. The van der Waals surface area contributed by atoms with Crippen molar-refractivity contribution in [1.82, 2.24) is 19.7 Å². The minimum atomic E-state index is -0.414. The van der Waals surface area contributed by atoms with Gasteiger partial charge in [0.2, 0.25) is 0 Å². The molecule has 1 aliphatic rings. The fourth-order valence-corrected chi connectivity index (χ4v) is 2.81. The molecule has 0 atom stereocenters. The van der Waals surface area contributed by atoms with Crippen LogP contribution in [0.25, 0.3) is 5.69 Å². The molecule has 0 bridgehead atoms. The zero-order valence-corrected chi connectivity index (χ0v) is 13.7. The van der Waals surface area contributed by atoms with Crippen LogP contribution in [0.15, 0.2) is 55.1 Å². The van der Waals surface area contributed by atoms with E-state index in [2.05, 4.69) is 15.4 Å². The number of rotatable bonds is 3. The van der Waals surface area contributed by atoms with Gasteiger partial charge in [-0.05, 0) is 30.3 Å². The molecule has 2 aromatic carbocycles. The van der Waals surface area contributed by atoms with Gasteiger partial charge in [0.1, 0.15) is 12.7 Å². The van der Waals surface area contributed by atoms with Crippen molar-refractivity contribution < 1.29 is 14.4 Å². The van der Waals surface area contributed by atoms with Gasteiger partial charge in [0.05, 0.1) is 22.5 Å². The van der Waals surface area contributed by atoms with Crippen LogP contribution in [0.5, 0.6) is 0 Å². The van der Waals surface area contributed by atoms with E-state index in [1.807, 2.05) is 6.07 Å². The molecular formula is C18H13N5O3. The van der Waals surface area contributed by atoms with E-state index in [-0.39, 0.29) is 17.0 Å². The summed E-state index contributed by atoms with van der Waals surface area (Å²) in [4.78, 5) is 41.6. The molecule has 26 heavy (non-hydrogen) atoms. The van der Waals surface area contributed by atoms with E-state index >= 15 is 0 Å². The molecule has 3 aromatic rings. The number of hydrogen-bond donors (Lipinski definition) is 1. The minimum absolute atomic E-state index is 0.231. The van der Waals surface area contributed by atoms with E-state index < -0.39 is 11.8 Å². The van der Waals surface area contributed by atoms with Crippen LogP contribution in [0, 0.1) is 0 Å². The van der Waals surface area contributed by atoms with Crippen molar-refractivity contribution in [3.63, 3.8) is 0 Å². The Morgan fingerprint density at radius 1 is 1.04 bits per heavy atom. The smallest absolute Gasteiger partial charge is 0.261 e. The molecule has 4 rings (SSSR count). The van der Waals surface area contributed by atoms with Crippen LogP contribution in [0.3, 0.4) is 0 Å². The van der Waals surface area contributed by atoms with Crippen molar-refractivity contribution in [2.24, 2.45) is 0 Å². The lowest BCUT2D eigenvalue weighted by Gasteiger charge is -2.11. The average Bonchev–Trinajstić information content (AvgIpc) is 3.26. The molecule has 1 N–H and O–H groups in total. The Balaban J connectivity index is 1.65. The lowest BCUT2D eigenvalue weighted by Crippen LogP contribution is -2.24. The summed E-state index contributed by atoms with van der Waals surface area (Å²) in [6.45, 7) is 0. The number of fused-ring (bicyclic) bond motifs is 1. The first-order chi connectivity index (χ1) is 12.6. The number of carbonyl (C=O) groups is 3. The molecule has 0 spiro atoms. The molecule has 0 radical (unpaired) electrons. The third kappa shape index (κ3) is 2.44. The highest BCUT2D eigenvalue weighted by atomic mass is 16.2. The van der Waals surface area contributed by atoms with Crippen molar-refractivity contribution in [2.45, 2.75) is 0 Å². The Morgan fingerprint density at radius 3 is 2.58 bits per heavy atom. The highest BCUT2D eigenvalue weighted by molar-refractivity contribution is 6.22. The largest absolute Gasteiger partial charge is 0.320 e. The summed E-state index contributed by atoms with van der Waals surface area (Å²) < 4.78 is 1.54. The average molecular weight is 347 g/mol. The van der Waals surface area contributed by atoms with E-state index in [1.165, 1.54) is 42.6 Å². The second-order valence-electron chi connectivity index (χ2n) is 5.74. The van der Waals surface area contributed by atoms with Gasteiger partial charge in [-0.1, -0.05) is 12.1 Å². The molecule has 128 valence electrons. The summed E-state index contributed by atoms with van der Waals surface area (Å²) in [5.41, 5.74) is 2.02. The van der Waals surface area contributed by atoms with Gasteiger partial charge in [-0.25, -0.2) is 9.67 Å². The zero-order chi connectivity index (χ0) is 18.3. The van der Waals surface area contributed by atoms with E-state index in [0.29, 0.717) is 16.9 Å². The maximum absolute atomic E-state index is 12.6. The van der Waals surface area contributed by atoms with Crippen LogP contribution in [0.2, 0.25) is 0 Å². The topological polar surface area (TPSA) is 97.2 Å². The summed E-state index contributed by atoms with van der Waals surface area (Å²) >= 11 is 0. The van der Waals surface area contributed by atoms with E-state index in [0.717, 1.165) is 4.90 Å². The molecule has 1 aliphatic heterocycles. The number of anilines is 1. The first-order valence-electron chi connectivity index (χ1n) is 7.78. The number of carbonyl (C=O) groups excluding carboxylic acids is 3. The number of aromatic nitrogens is 3. The summed E-state index contributed by atoms with van der Waals surface area (Å²) in [5, 5.41) is 6.87. The van der Waals surface area contributed by atoms with Crippen LogP contribution in [-0.4, -0.2) is 44.4 Å². The lowest BCUT2D eigenvalue weighted by atomic mass is 10.1. The maximum Gasteiger partial charge on any atom is 0.261 e. The van der Waals surface area contributed by atoms with Crippen molar-refractivity contribution in [2.75, 3.05) is 12.4 Å². The number of para-hydroxylation sites is 2. The van der Waals surface area contributed by atoms with E-state index in [4.69, 9.17) is 0 Å². The highest BCUT2D eigenvalue weighted by Crippen LogP contribution is 2.24. The molecule has 0 unspecified atom stereocenters.